The van der Waals surface area contributed by atoms with Gasteiger partial charge in [-0.3, -0.25) is 4.79 Å². The number of ether oxygens (including phenoxy) is 3. The van der Waals surface area contributed by atoms with Gasteiger partial charge in [0, 0.05) is 5.56 Å². The first-order valence-corrected chi connectivity index (χ1v) is 5.38. The first-order valence-electron chi connectivity index (χ1n) is 5.38. The molecule has 0 bridgehead atoms. The van der Waals surface area contributed by atoms with Crippen LogP contribution in [-0.4, -0.2) is 26.2 Å². The highest BCUT2D eigenvalue weighted by molar-refractivity contribution is 5.94. The van der Waals surface area contributed by atoms with Crippen molar-refractivity contribution >= 4 is 5.91 Å². The molecular formula is C12H15NO4. The highest BCUT2D eigenvalue weighted by Crippen LogP contribution is 2.41. The zero-order valence-electron chi connectivity index (χ0n) is 9.86. The minimum absolute atomic E-state index is 0.220. The molecule has 0 aromatic heterocycles. The van der Waals surface area contributed by atoms with Gasteiger partial charge < -0.3 is 19.9 Å². The van der Waals surface area contributed by atoms with Crippen LogP contribution in [0.25, 0.3) is 0 Å². The molecule has 1 saturated carbocycles. The fourth-order valence-corrected chi connectivity index (χ4v) is 1.49. The molecule has 2 N–H and O–H groups in total. The lowest BCUT2D eigenvalue weighted by atomic mass is 10.1. The number of carbonyl (C=O) groups excluding carboxylic acids is 1. The Hall–Kier alpha value is -1.91. The Labute approximate surface area is 99.5 Å². The number of rotatable bonds is 5. The number of primary amides is 1. The average molecular weight is 237 g/mol. The van der Waals surface area contributed by atoms with Crippen LogP contribution in [0.15, 0.2) is 12.1 Å². The minimum Gasteiger partial charge on any atom is -0.493 e. The zero-order chi connectivity index (χ0) is 12.4. The maximum atomic E-state index is 11.2. The molecule has 0 aliphatic heterocycles. The van der Waals surface area contributed by atoms with Crippen molar-refractivity contribution in [3.8, 4) is 17.2 Å². The van der Waals surface area contributed by atoms with Crippen molar-refractivity contribution in [2.75, 3.05) is 14.2 Å². The number of methoxy groups -OCH3 is 2. The number of benzene rings is 1. The van der Waals surface area contributed by atoms with Crippen LogP contribution in [0.5, 0.6) is 17.2 Å². The van der Waals surface area contributed by atoms with Gasteiger partial charge in [-0.15, -0.1) is 0 Å². The van der Waals surface area contributed by atoms with E-state index in [0.29, 0.717) is 22.8 Å². The van der Waals surface area contributed by atoms with Crippen molar-refractivity contribution in [1.29, 1.82) is 0 Å². The molecule has 0 heterocycles. The van der Waals surface area contributed by atoms with Crippen molar-refractivity contribution in [2.24, 2.45) is 5.73 Å². The summed E-state index contributed by atoms with van der Waals surface area (Å²) < 4.78 is 16.1. The number of carbonyl (C=O) groups is 1. The molecule has 1 aromatic carbocycles. The van der Waals surface area contributed by atoms with Crippen LogP contribution in [0.1, 0.15) is 23.2 Å². The Morgan fingerprint density at radius 3 is 2.12 bits per heavy atom. The molecule has 0 radical (unpaired) electrons. The summed E-state index contributed by atoms with van der Waals surface area (Å²) in [6.45, 7) is 0. The number of hydrogen-bond acceptors (Lipinski definition) is 4. The van der Waals surface area contributed by atoms with Gasteiger partial charge in [-0.25, -0.2) is 0 Å². The van der Waals surface area contributed by atoms with E-state index in [1.165, 1.54) is 14.2 Å². The number of amides is 1. The second-order valence-corrected chi connectivity index (χ2v) is 3.89. The Morgan fingerprint density at radius 1 is 1.24 bits per heavy atom. The lowest BCUT2D eigenvalue weighted by Gasteiger charge is -2.14. The molecule has 17 heavy (non-hydrogen) atoms. The molecular weight excluding hydrogens is 222 g/mol. The van der Waals surface area contributed by atoms with Crippen LogP contribution in [0, 0.1) is 0 Å². The van der Waals surface area contributed by atoms with Gasteiger partial charge in [-0.2, -0.15) is 0 Å². The third-order valence-corrected chi connectivity index (χ3v) is 2.55. The highest BCUT2D eigenvalue weighted by Gasteiger charge is 2.27. The Morgan fingerprint density at radius 2 is 1.76 bits per heavy atom. The van der Waals surface area contributed by atoms with Crippen LogP contribution in [0.2, 0.25) is 0 Å². The van der Waals surface area contributed by atoms with Crippen molar-refractivity contribution in [3.05, 3.63) is 17.7 Å². The van der Waals surface area contributed by atoms with E-state index in [4.69, 9.17) is 19.9 Å². The van der Waals surface area contributed by atoms with E-state index in [2.05, 4.69) is 0 Å². The quantitative estimate of drug-likeness (QED) is 0.839. The second-order valence-electron chi connectivity index (χ2n) is 3.89. The summed E-state index contributed by atoms with van der Waals surface area (Å²) in [4.78, 5) is 11.2. The Balaban J connectivity index is 2.42. The number of hydrogen-bond donors (Lipinski definition) is 1. The molecule has 92 valence electrons. The van der Waals surface area contributed by atoms with Crippen molar-refractivity contribution in [1.82, 2.24) is 0 Å². The first-order chi connectivity index (χ1) is 8.15. The molecule has 1 aliphatic rings. The molecule has 0 spiro atoms. The summed E-state index contributed by atoms with van der Waals surface area (Å²) in [5, 5.41) is 0. The van der Waals surface area contributed by atoms with E-state index in [1.54, 1.807) is 12.1 Å². The monoisotopic (exact) mass is 237 g/mol. The van der Waals surface area contributed by atoms with Crippen LogP contribution in [0.3, 0.4) is 0 Å². The molecule has 0 unspecified atom stereocenters. The van der Waals surface area contributed by atoms with Gasteiger partial charge >= 0.3 is 0 Å². The predicted molar refractivity (Wildman–Crippen MR) is 61.7 cm³/mol. The van der Waals surface area contributed by atoms with Crippen LogP contribution < -0.4 is 19.9 Å². The van der Waals surface area contributed by atoms with Crippen LogP contribution >= 0.6 is 0 Å². The molecule has 2 rings (SSSR count). The molecule has 1 aliphatic carbocycles. The lowest BCUT2D eigenvalue weighted by molar-refractivity contribution is 0.0999. The standard InChI is InChI=1S/C12H15NO4/c1-15-9-5-7(12(13)14)6-10(16-2)11(9)17-8-3-4-8/h5-6,8H,3-4H2,1-2H3,(H2,13,14). The summed E-state index contributed by atoms with van der Waals surface area (Å²) in [6.07, 6.45) is 2.28. The van der Waals surface area contributed by atoms with Crippen molar-refractivity contribution in [2.45, 2.75) is 18.9 Å². The summed E-state index contributed by atoms with van der Waals surface area (Å²) in [5.41, 5.74) is 5.57. The van der Waals surface area contributed by atoms with Crippen molar-refractivity contribution in [3.63, 3.8) is 0 Å². The van der Waals surface area contributed by atoms with E-state index >= 15 is 0 Å². The smallest absolute Gasteiger partial charge is 0.248 e. The fourth-order valence-electron chi connectivity index (χ4n) is 1.49. The highest BCUT2D eigenvalue weighted by atomic mass is 16.5. The maximum absolute atomic E-state index is 11.2. The van der Waals surface area contributed by atoms with Crippen molar-refractivity contribution < 1.29 is 19.0 Å². The predicted octanol–water partition coefficient (Wildman–Crippen LogP) is 1.34. The first kappa shape index (κ1) is 11.6. The third-order valence-electron chi connectivity index (χ3n) is 2.55. The van der Waals surface area contributed by atoms with Crippen LogP contribution in [0.4, 0.5) is 0 Å². The van der Waals surface area contributed by atoms with E-state index in [9.17, 15) is 4.79 Å². The fraction of sp³-hybridized carbons (Fsp3) is 0.417. The SMILES string of the molecule is COc1cc(C(N)=O)cc(OC)c1OC1CC1. The molecule has 5 heteroatoms. The van der Waals surface area contributed by atoms with Gasteiger partial charge in [0.05, 0.1) is 20.3 Å². The maximum Gasteiger partial charge on any atom is 0.248 e. The number of nitrogens with two attached hydrogens (primary N) is 1. The van der Waals surface area contributed by atoms with Gasteiger partial charge in [0.15, 0.2) is 11.5 Å². The summed E-state index contributed by atoms with van der Waals surface area (Å²) >= 11 is 0. The normalized spacial score (nSPS) is 14.2. The Bertz CT molecular complexity index is 415. The topological polar surface area (TPSA) is 70.8 Å². The van der Waals surface area contributed by atoms with E-state index < -0.39 is 5.91 Å². The molecule has 1 amide bonds. The van der Waals surface area contributed by atoms with Crippen LogP contribution in [-0.2, 0) is 0 Å². The average Bonchev–Trinajstić information content (AvgIpc) is 3.12. The molecule has 1 aromatic rings. The lowest BCUT2D eigenvalue weighted by Crippen LogP contribution is -2.12. The zero-order valence-corrected chi connectivity index (χ0v) is 9.86. The van der Waals surface area contributed by atoms with Gasteiger partial charge in [-0.05, 0) is 25.0 Å². The van der Waals surface area contributed by atoms with Gasteiger partial charge in [0.25, 0.3) is 0 Å². The Kier molecular flexibility index (Phi) is 3.08. The molecule has 0 atom stereocenters. The summed E-state index contributed by atoms with van der Waals surface area (Å²) in [5.74, 6) is 0.928. The van der Waals surface area contributed by atoms with E-state index in [-0.39, 0.29) is 6.10 Å². The summed E-state index contributed by atoms with van der Waals surface area (Å²) in [7, 11) is 3.03. The van der Waals surface area contributed by atoms with Gasteiger partial charge in [0.1, 0.15) is 0 Å². The van der Waals surface area contributed by atoms with E-state index in [0.717, 1.165) is 12.8 Å². The minimum atomic E-state index is -0.528. The molecule has 1 fully saturated rings. The largest absolute Gasteiger partial charge is 0.493 e. The van der Waals surface area contributed by atoms with E-state index in [1.807, 2.05) is 0 Å². The van der Waals surface area contributed by atoms with Gasteiger partial charge in [-0.1, -0.05) is 0 Å². The third kappa shape index (κ3) is 2.43. The second kappa shape index (κ2) is 4.53. The summed E-state index contributed by atoms with van der Waals surface area (Å²) in [6, 6.07) is 3.12. The van der Waals surface area contributed by atoms with Gasteiger partial charge in [0.2, 0.25) is 11.7 Å². The molecule has 0 saturated heterocycles. The molecule has 5 nitrogen and oxygen atoms in total.